The van der Waals surface area contributed by atoms with Crippen molar-refractivity contribution < 1.29 is 14.3 Å². The van der Waals surface area contributed by atoms with Crippen molar-refractivity contribution in [3.63, 3.8) is 0 Å². The summed E-state index contributed by atoms with van der Waals surface area (Å²) in [4.78, 5) is 32.2. The van der Waals surface area contributed by atoms with E-state index in [0.717, 1.165) is 31.9 Å². The van der Waals surface area contributed by atoms with E-state index in [1.165, 1.54) is 7.11 Å². The molecule has 1 aromatic heterocycles. The molecule has 0 saturated carbocycles. The van der Waals surface area contributed by atoms with Crippen molar-refractivity contribution in [2.75, 3.05) is 39.8 Å². The summed E-state index contributed by atoms with van der Waals surface area (Å²) < 4.78 is 4.69. The average Bonchev–Trinajstić information content (AvgIpc) is 2.55. The van der Waals surface area contributed by atoms with Crippen molar-refractivity contribution in [1.29, 1.82) is 0 Å². The molecule has 118 valence electrons. The first-order valence-electron chi connectivity index (χ1n) is 7.46. The molecule has 2 saturated heterocycles. The summed E-state index contributed by atoms with van der Waals surface area (Å²) in [5.74, 6) is -0.328. The van der Waals surface area contributed by atoms with Gasteiger partial charge in [0.15, 0.2) is 0 Å². The molecule has 1 amide bonds. The minimum Gasteiger partial charge on any atom is -0.464 e. The molecule has 2 aliphatic rings. The van der Waals surface area contributed by atoms with E-state index < -0.39 is 5.97 Å². The lowest BCUT2D eigenvalue weighted by molar-refractivity contribution is -0.132. The van der Waals surface area contributed by atoms with Gasteiger partial charge in [-0.3, -0.25) is 14.6 Å². The molecular weight excluding hydrogens is 284 g/mol. The van der Waals surface area contributed by atoms with Crippen LogP contribution in [-0.4, -0.2) is 72.5 Å². The minimum atomic E-state index is -0.432. The van der Waals surface area contributed by atoms with Crippen LogP contribution in [0.1, 0.15) is 16.2 Å². The van der Waals surface area contributed by atoms with E-state index in [1.54, 1.807) is 12.1 Å². The van der Waals surface area contributed by atoms with Crippen LogP contribution in [0.2, 0.25) is 0 Å². The maximum absolute atomic E-state index is 12.0. The lowest BCUT2D eigenvalue weighted by Crippen LogP contribution is -2.63. The highest BCUT2D eigenvalue weighted by atomic mass is 16.5. The Hall–Kier alpha value is -1.99. The number of esters is 1. The summed E-state index contributed by atoms with van der Waals surface area (Å²) in [6.07, 6.45) is 0. The number of carbonyl (C=O) groups is 2. The fraction of sp³-hybridized carbons (Fsp3) is 0.533. The van der Waals surface area contributed by atoms with E-state index >= 15 is 0 Å². The van der Waals surface area contributed by atoms with Gasteiger partial charge in [0.1, 0.15) is 11.7 Å². The summed E-state index contributed by atoms with van der Waals surface area (Å²) >= 11 is 0. The largest absolute Gasteiger partial charge is 0.464 e. The number of aromatic nitrogens is 1. The second-order valence-electron chi connectivity index (χ2n) is 5.58. The average molecular weight is 304 g/mol. The number of amides is 1. The molecule has 2 fully saturated rings. The Morgan fingerprint density at radius 1 is 1.41 bits per heavy atom. The number of rotatable bonds is 3. The van der Waals surface area contributed by atoms with Crippen LogP contribution in [0.25, 0.3) is 0 Å². The summed E-state index contributed by atoms with van der Waals surface area (Å²) in [5, 5.41) is 2.91. The second kappa shape index (κ2) is 6.41. The maximum atomic E-state index is 12.0. The molecule has 3 rings (SSSR count). The summed E-state index contributed by atoms with van der Waals surface area (Å²) in [7, 11) is 1.34. The molecule has 1 aromatic rings. The molecule has 7 heteroatoms. The molecule has 0 aliphatic carbocycles. The fourth-order valence-corrected chi connectivity index (χ4v) is 2.99. The van der Waals surface area contributed by atoms with Crippen LogP contribution in [0.3, 0.4) is 0 Å². The molecule has 22 heavy (non-hydrogen) atoms. The van der Waals surface area contributed by atoms with Gasteiger partial charge in [-0.1, -0.05) is 6.07 Å². The molecule has 0 radical (unpaired) electrons. The van der Waals surface area contributed by atoms with Crippen molar-refractivity contribution in [3.05, 3.63) is 29.6 Å². The van der Waals surface area contributed by atoms with Crippen LogP contribution < -0.4 is 5.32 Å². The van der Waals surface area contributed by atoms with Gasteiger partial charge in [-0.15, -0.1) is 0 Å². The van der Waals surface area contributed by atoms with Crippen molar-refractivity contribution in [3.8, 4) is 0 Å². The Bertz CT molecular complexity index is 578. The van der Waals surface area contributed by atoms with Gasteiger partial charge in [0.05, 0.1) is 12.8 Å². The Morgan fingerprint density at radius 2 is 2.27 bits per heavy atom. The third-order valence-electron chi connectivity index (χ3n) is 4.16. The number of pyridine rings is 1. The number of nitrogens with one attached hydrogen (secondary N) is 1. The van der Waals surface area contributed by atoms with E-state index in [1.807, 2.05) is 6.07 Å². The topological polar surface area (TPSA) is 74.8 Å². The zero-order valence-corrected chi connectivity index (χ0v) is 12.6. The van der Waals surface area contributed by atoms with Crippen molar-refractivity contribution >= 4 is 11.9 Å². The van der Waals surface area contributed by atoms with Gasteiger partial charge < -0.3 is 10.1 Å². The molecule has 0 unspecified atom stereocenters. The van der Waals surface area contributed by atoms with Crippen LogP contribution in [0.4, 0.5) is 0 Å². The number of hydrogen-bond acceptors (Lipinski definition) is 6. The first-order valence-corrected chi connectivity index (χ1v) is 7.46. The van der Waals surface area contributed by atoms with Gasteiger partial charge in [-0.05, 0) is 12.1 Å². The maximum Gasteiger partial charge on any atom is 0.356 e. The predicted molar refractivity (Wildman–Crippen MR) is 79.2 cm³/mol. The molecule has 2 aliphatic heterocycles. The van der Waals surface area contributed by atoms with Crippen molar-refractivity contribution in [1.82, 2.24) is 20.1 Å². The smallest absolute Gasteiger partial charge is 0.356 e. The van der Waals surface area contributed by atoms with Crippen molar-refractivity contribution in [2.24, 2.45) is 0 Å². The number of ether oxygens (including phenoxy) is 1. The SMILES string of the molecule is COC(=O)c1cccc(CN2CCN3CCNC(=O)[C@@H]3C2)n1. The van der Waals surface area contributed by atoms with Crippen molar-refractivity contribution in [2.45, 2.75) is 12.6 Å². The normalized spacial score (nSPS) is 22.8. The summed E-state index contributed by atoms with van der Waals surface area (Å²) in [6, 6.07) is 5.26. The number of nitrogens with zero attached hydrogens (tertiary/aromatic N) is 3. The molecule has 0 bridgehead atoms. The van der Waals surface area contributed by atoms with Gasteiger partial charge in [-0.2, -0.15) is 0 Å². The number of carbonyl (C=O) groups excluding carboxylic acids is 2. The quantitative estimate of drug-likeness (QED) is 0.758. The van der Waals surface area contributed by atoms with E-state index in [4.69, 9.17) is 4.74 Å². The Labute approximate surface area is 129 Å². The second-order valence-corrected chi connectivity index (χ2v) is 5.58. The van der Waals surface area contributed by atoms with Gasteiger partial charge in [0.2, 0.25) is 5.91 Å². The number of fused-ring (bicyclic) bond motifs is 1. The van der Waals surface area contributed by atoms with Gasteiger partial charge in [-0.25, -0.2) is 9.78 Å². The minimum absolute atomic E-state index is 0.0775. The third-order valence-corrected chi connectivity index (χ3v) is 4.16. The van der Waals surface area contributed by atoms with E-state index in [-0.39, 0.29) is 11.9 Å². The lowest BCUT2D eigenvalue weighted by Gasteiger charge is -2.42. The predicted octanol–water partition coefficient (Wildman–Crippen LogP) is -0.516. The van der Waals surface area contributed by atoms with Gasteiger partial charge >= 0.3 is 5.97 Å². The highest BCUT2D eigenvalue weighted by Gasteiger charge is 2.34. The lowest BCUT2D eigenvalue weighted by atomic mass is 10.1. The molecule has 0 spiro atoms. The number of piperazine rings is 2. The van der Waals surface area contributed by atoms with Crippen LogP contribution >= 0.6 is 0 Å². The Morgan fingerprint density at radius 3 is 3.09 bits per heavy atom. The monoisotopic (exact) mass is 304 g/mol. The molecule has 1 atom stereocenters. The molecule has 7 nitrogen and oxygen atoms in total. The molecular formula is C15H20N4O3. The molecule has 3 heterocycles. The third kappa shape index (κ3) is 3.10. The van der Waals surface area contributed by atoms with Crippen LogP contribution in [0, 0.1) is 0 Å². The fourth-order valence-electron chi connectivity index (χ4n) is 2.99. The van der Waals surface area contributed by atoms with Crippen LogP contribution in [0.15, 0.2) is 18.2 Å². The van der Waals surface area contributed by atoms with E-state index in [0.29, 0.717) is 18.8 Å². The highest BCUT2D eigenvalue weighted by Crippen LogP contribution is 2.14. The Kier molecular flexibility index (Phi) is 4.35. The van der Waals surface area contributed by atoms with Crippen LogP contribution in [-0.2, 0) is 16.1 Å². The number of methoxy groups -OCH3 is 1. The highest BCUT2D eigenvalue weighted by molar-refractivity contribution is 5.87. The first kappa shape index (κ1) is 14.9. The zero-order chi connectivity index (χ0) is 15.5. The Balaban J connectivity index is 1.66. The van der Waals surface area contributed by atoms with E-state index in [2.05, 4.69) is 20.1 Å². The summed E-state index contributed by atoms with van der Waals surface area (Å²) in [5.41, 5.74) is 1.13. The van der Waals surface area contributed by atoms with Gasteiger partial charge in [0.25, 0.3) is 0 Å². The molecule has 0 aromatic carbocycles. The molecule has 1 N–H and O–H groups in total. The zero-order valence-electron chi connectivity index (χ0n) is 12.6. The summed E-state index contributed by atoms with van der Waals surface area (Å²) in [6.45, 7) is 4.75. The standard InChI is InChI=1S/C15H20N4O3/c1-22-15(21)12-4-2-3-11(17-12)9-18-7-8-19-6-5-16-14(20)13(19)10-18/h2-4,13H,5-10H2,1H3,(H,16,20)/t13-/m0/s1. The van der Waals surface area contributed by atoms with Gasteiger partial charge in [0, 0.05) is 39.3 Å². The van der Waals surface area contributed by atoms with E-state index in [9.17, 15) is 9.59 Å². The van der Waals surface area contributed by atoms with Crippen LogP contribution in [0.5, 0.6) is 0 Å². The number of hydrogen-bond donors (Lipinski definition) is 1. The first-order chi connectivity index (χ1) is 10.7.